The fourth-order valence-electron chi connectivity index (χ4n) is 2.40. The summed E-state index contributed by atoms with van der Waals surface area (Å²) in [5.74, 6) is 0. The number of nitrogens with zero attached hydrogens (tertiary/aromatic N) is 6. The Morgan fingerprint density at radius 3 is 2.64 bits per heavy atom. The van der Waals surface area contributed by atoms with Gasteiger partial charge in [0.05, 0.1) is 6.61 Å². The van der Waals surface area contributed by atoms with Crippen molar-refractivity contribution in [2.24, 2.45) is 0 Å². The molecule has 0 radical (unpaired) electrons. The minimum absolute atomic E-state index is 0.00110. The number of aromatic nitrogens is 6. The van der Waals surface area contributed by atoms with Crippen molar-refractivity contribution in [2.75, 3.05) is 6.61 Å². The maximum atomic E-state index is 12.4. The number of ether oxygens (including phenoxy) is 1. The number of aliphatic hydroxyl groups is 3. The molecule has 2 aromatic rings. The van der Waals surface area contributed by atoms with Crippen LogP contribution in [0, 0.1) is 0 Å². The highest BCUT2D eigenvalue weighted by Gasteiger charge is 2.44. The van der Waals surface area contributed by atoms with Crippen LogP contribution < -0.4 is 5.56 Å². The molecule has 3 heterocycles. The van der Waals surface area contributed by atoms with E-state index in [4.69, 9.17) is 9.84 Å². The smallest absolute Gasteiger partial charge is 0.302 e. The van der Waals surface area contributed by atoms with E-state index < -0.39 is 36.7 Å². The van der Waals surface area contributed by atoms with Crippen molar-refractivity contribution in [1.29, 1.82) is 0 Å². The van der Waals surface area contributed by atoms with Crippen LogP contribution in [0.5, 0.6) is 0 Å². The van der Waals surface area contributed by atoms with Crippen molar-refractivity contribution >= 4 is 11.2 Å². The van der Waals surface area contributed by atoms with Gasteiger partial charge in [-0.3, -0.25) is 4.79 Å². The van der Waals surface area contributed by atoms with Gasteiger partial charge >= 0.3 is 5.56 Å². The van der Waals surface area contributed by atoms with E-state index in [1.54, 1.807) is 0 Å². The molecular formula is C11H16N6O5. The Morgan fingerprint density at radius 1 is 1.23 bits per heavy atom. The first-order valence-electron chi connectivity index (χ1n) is 6.89. The molecule has 1 aliphatic rings. The van der Waals surface area contributed by atoms with Crippen LogP contribution in [0.15, 0.2) is 4.79 Å². The number of fused-ring (bicyclic) bond motifs is 1. The first-order valence-corrected chi connectivity index (χ1v) is 6.89. The van der Waals surface area contributed by atoms with Crippen molar-refractivity contribution in [3.63, 3.8) is 0 Å². The maximum absolute atomic E-state index is 12.4. The predicted molar refractivity (Wildman–Crippen MR) is 70.7 cm³/mol. The van der Waals surface area contributed by atoms with E-state index in [-0.39, 0.29) is 11.2 Å². The lowest BCUT2D eigenvalue weighted by Gasteiger charge is -2.14. The summed E-state index contributed by atoms with van der Waals surface area (Å²) in [4.78, 5) is 12.4. The third-order valence-corrected chi connectivity index (χ3v) is 3.55. The van der Waals surface area contributed by atoms with Crippen LogP contribution in [-0.2, 0) is 11.3 Å². The molecule has 22 heavy (non-hydrogen) atoms. The molecule has 0 amide bonds. The lowest BCUT2D eigenvalue weighted by molar-refractivity contribution is -0.0619. The molecule has 0 aliphatic carbocycles. The van der Waals surface area contributed by atoms with Crippen LogP contribution in [0.4, 0.5) is 0 Å². The first-order chi connectivity index (χ1) is 10.6. The Morgan fingerprint density at radius 2 is 2.00 bits per heavy atom. The zero-order valence-electron chi connectivity index (χ0n) is 11.8. The van der Waals surface area contributed by atoms with E-state index in [2.05, 4.69) is 20.6 Å². The maximum Gasteiger partial charge on any atom is 0.302 e. The standard InChI is InChI=1S/C11H16N6O5/c1-2-3-16-9-6(12-14-16)10(21)17(15-13-9)11-8(20)7(19)5(4-18)22-11/h5,7-8,11,18-20H,2-4H2,1H3. The van der Waals surface area contributed by atoms with Gasteiger partial charge in [0.2, 0.25) is 11.2 Å². The zero-order valence-corrected chi connectivity index (χ0v) is 11.8. The van der Waals surface area contributed by atoms with E-state index in [1.807, 2.05) is 6.92 Å². The Hall–Kier alpha value is -1.95. The highest BCUT2D eigenvalue weighted by molar-refractivity contribution is 5.67. The average Bonchev–Trinajstić information content (AvgIpc) is 3.04. The third kappa shape index (κ3) is 2.18. The molecule has 0 saturated carbocycles. The van der Waals surface area contributed by atoms with Gasteiger partial charge in [-0.05, 0) is 6.42 Å². The van der Waals surface area contributed by atoms with Gasteiger partial charge in [0.1, 0.15) is 18.3 Å². The Labute approximate surface area is 123 Å². The van der Waals surface area contributed by atoms with Gasteiger partial charge in [0.25, 0.3) is 0 Å². The number of hydrogen-bond donors (Lipinski definition) is 3. The zero-order chi connectivity index (χ0) is 15.9. The van der Waals surface area contributed by atoms with Gasteiger partial charge in [0, 0.05) is 6.54 Å². The van der Waals surface area contributed by atoms with E-state index in [0.29, 0.717) is 6.54 Å². The van der Waals surface area contributed by atoms with Gasteiger partial charge < -0.3 is 20.1 Å². The van der Waals surface area contributed by atoms with Crippen molar-refractivity contribution in [1.82, 2.24) is 30.0 Å². The molecule has 11 nitrogen and oxygen atoms in total. The van der Waals surface area contributed by atoms with E-state index in [1.165, 1.54) is 4.68 Å². The molecule has 3 rings (SSSR count). The molecule has 0 spiro atoms. The fourth-order valence-corrected chi connectivity index (χ4v) is 2.40. The quantitative estimate of drug-likeness (QED) is 0.552. The van der Waals surface area contributed by atoms with Crippen LogP contribution in [0.3, 0.4) is 0 Å². The number of aryl methyl sites for hydroxylation is 1. The van der Waals surface area contributed by atoms with Crippen molar-refractivity contribution in [3.05, 3.63) is 10.4 Å². The van der Waals surface area contributed by atoms with E-state index in [0.717, 1.165) is 11.1 Å². The first kappa shape index (κ1) is 15.0. The van der Waals surface area contributed by atoms with Crippen molar-refractivity contribution in [2.45, 2.75) is 44.4 Å². The topological polar surface area (TPSA) is 148 Å². The average molecular weight is 312 g/mol. The molecule has 4 unspecified atom stereocenters. The third-order valence-electron chi connectivity index (χ3n) is 3.55. The van der Waals surface area contributed by atoms with Gasteiger partial charge in [0.15, 0.2) is 6.23 Å². The minimum atomic E-state index is -1.41. The van der Waals surface area contributed by atoms with E-state index >= 15 is 0 Å². The molecule has 0 aromatic carbocycles. The largest absolute Gasteiger partial charge is 0.394 e. The number of aliphatic hydroxyl groups excluding tert-OH is 3. The lowest BCUT2D eigenvalue weighted by Crippen LogP contribution is -2.37. The highest BCUT2D eigenvalue weighted by Crippen LogP contribution is 2.27. The second-order valence-electron chi connectivity index (χ2n) is 5.05. The molecule has 0 bridgehead atoms. The molecule has 120 valence electrons. The van der Waals surface area contributed by atoms with Gasteiger partial charge in [-0.1, -0.05) is 17.4 Å². The molecule has 4 atom stereocenters. The molecule has 1 saturated heterocycles. The lowest BCUT2D eigenvalue weighted by atomic mass is 10.1. The Balaban J connectivity index is 2.02. The molecular weight excluding hydrogens is 296 g/mol. The number of rotatable bonds is 4. The summed E-state index contributed by atoms with van der Waals surface area (Å²) in [5.41, 5.74) is -0.391. The second-order valence-corrected chi connectivity index (χ2v) is 5.05. The summed E-state index contributed by atoms with van der Waals surface area (Å²) in [6, 6.07) is 0. The molecule has 3 N–H and O–H groups in total. The van der Waals surface area contributed by atoms with Crippen LogP contribution in [0.2, 0.25) is 0 Å². The summed E-state index contributed by atoms with van der Waals surface area (Å²) in [6.07, 6.45) is -4.19. The van der Waals surface area contributed by atoms with Crippen molar-refractivity contribution in [3.8, 4) is 0 Å². The summed E-state index contributed by atoms with van der Waals surface area (Å²) < 4.78 is 7.53. The SMILES string of the molecule is CCCn1nnc2c(=O)n(C3OC(CO)C(O)C3O)nnc21. The Kier molecular flexibility index (Phi) is 3.87. The van der Waals surface area contributed by atoms with Crippen LogP contribution in [0.1, 0.15) is 19.6 Å². The molecule has 1 fully saturated rings. The summed E-state index contributed by atoms with van der Waals surface area (Å²) in [5, 5.41) is 44.0. The summed E-state index contributed by atoms with van der Waals surface area (Å²) in [6.45, 7) is 2.00. The summed E-state index contributed by atoms with van der Waals surface area (Å²) in [7, 11) is 0. The molecule has 11 heteroatoms. The second kappa shape index (κ2) is 5.68. The van der Waals surface area contributed by atoms with Gasteiger partial charge in [-0.25, -0.2) is 4.68 Å². The van der Waals surface area contributed by atoms with Crippen LogP contribution in [0.25, 0.3) is 11.2 Å². The molecule has 2 aromatic heterocycles. The van der Waals surface area contributed by atoms with Crippen LogP contribution in [-0.4, -0.2) is 70.2 Å². The number of hydrogen-bond acceptors (Lipinski definition) is 9. The van der Waals surface area contributed by atoms with E-state index in [9.17, 15) is 15.0 Å². The normalized spacial score (nSPS) is 28.5. The monoisotopic (exact) mass is 312 g/mol. The highest BCUT2D eigenvalue weighted by atomic mass is 16.6. The Bertz CT molecular complexity index is 729. The summed E-state index contributed by atoms with van der Waals surface area (Å²) >= 11 is 0. The van der Waals surface area contributed by atoms with Gasteiger partial charge in [-0.15, -0.1) is 10.2 Å². The van der Waals surface area contributed by atoms with Crippen molar-refractivity contribution < 1.29 is 20.1 Å². The predicted octanol–water partition coefficient (Wildman–Crippen LogP) is -2.60. The van der Waals surface area contributed by atoms with Crippen LogP contribution >= 0.6 is 0 Å². The minimum Gasteiger partial charge on any atom is -0.394 e. The van der Waals surface area contributed by atoms with Gasteiger partial charge in [-0.2, -0.15) is 4.68 Å². The molecule has 1 aliphatic heterocycles. The fraction of sp³-hybridized carbons (Fsp3) is 0.727.